The first-order valence-corrected chi connectivity index (χ1v) is 16.6. The van der Waals surface area contributed by atoms with E-state index >= 15 is 0 Å². The van der Waals surface area contributed by atoms with Crippen LogP contribution < -0.4 is 19.6 Å². The van der Waals surface area contributed by atoms with E-state index in [1.807, 2.05) is 6.07 Å². The van der Waals surface area contributed by atoms with E-state index in [2.05, 4.69) is 0 Å². The fraction of sp³-hybridized carbons (Fsp3) is 0.234. The first-order chi connectivity index (χ1) is 31.7. The summed E-state index contributed by atoms with van der Waals surface area (Å²) in [6.45, 7) is -14.6. The molecule has 2 aliphatic heterocycles. The summed E-state index contributed by atoms with van der Waals surface area (Å²) < 4.78 is 180. The van der Waals surface area contributed by atoms with Crippen LogP contribution in [0.1, 0.15) is 91.2 Å². The molecule has 254 valence electrons. The summed E-state index contributed by atoms with van der Waals surface area (Å²) in [5.41, 5.74) is -7.43. The lowest BCUT2D eigenvalue weighted by Gasteiger charge is -2.36. The monoisotopic (exact) mass is 686 g/mol. The Balaban J connectivity index is 1.52. The van der Waals surface area contributed by atoms with E-state index in [4.69, 9.17) is 38.8 Å². The first kappa shape index (κ1) is 18.3. The Hall–Kier alpha value is -5.22. The molecular formula is C47H45BO3. The van der Waals surface area contributed by atoms with Gasteiger partial charge in [0.25, 0.3) is 0 Å². The number of hydrogen-bond donors (Lipinski definition) is 0. The Morgan fingerprint density at radius 1 is 0.549 bits per heavy atom. The van der Waals surface area contributed by atoms with Crippen molar-refractivity contribution in [2.24, 2.45) is 0 Å². The number of aryl methyl sites for hydroxylation is 2. The van der Waals surface area contributed by atoms with Gasteiger partial charge in [0.05, 0.1) is 0 Å². The smallest absolute Gasteiger partial charge is 0.392 e. The van der Waals surface area contributed by atoms with E-state index < -0.39 is 98.2 Å². The Morgan fingerprint density at radius 2 is 1.14 bits per heavy atom. The third kappa shape index (κ3) is 5.18. The van der Waals surface area contributed by atoms with Crippen molar-refractivity contribution in [2.75, 3.05) is 0 Å². The van der Waals surface area contributed by atoms with Crippen molar-refractivity contribution in [3.05, 3.63) is 148 Å². The highest BCUT2D eigenvalue weighted by Gasteiger charge is 2.37. The molecule has 0 saturated heterocycles. The Morgan fingerprint density at radius 3 is 1.78 bits per heavy atom. The van der Waals surface area contributed by atoms with Gasteiger partial charge >= 0.3 is 6.92 Å². The van der Waals surface area contributed by atoms with Crippen molar-refractivity contribution < 1.29 is 38.8 Å². The summed E-state index contributed by atoms with van der Waals surface area (Å²) in [6.07, 6.45) is 0. The molecule has 0 fully saturated rings. The van der Waals surface area contributed by atoms with Gasteiger partial charge in [-0.1, -0.05) is 111 Å². The van der Waals surface area contributed by atoms with Crippen molar-refractivity contribution in [2.45, 2.75) is 72.8 Å². The molecule has 3 nitrogen and oxygen atoms in total. The summed E-state index contributed by atoms with van der Waals surface area (Å²) >= 11 is 0. The van der Waals surface area contributed by atoms with E-state index in [0.717, 1.165) is 12.1 Å². The molecule has 0 atom stereocenters. The van der Waals surface area contributed by atoms with E-state index in [0.29, 0.717) is 16.8 Å². The molecule has 0 aliphatic carbocycles. The zero-order chi connectivity index (χ0) is 50.8. The van der Waals surface area contributed by atoms with Crippen LogP contribution in [0.3, 0.4) is 0 Å². The molecule has 0 radical (unpaired) electrons. The molecule has 2 heterocycles. The molecule has 0 spiro atoms. The zero-order valence-electron chi connectivity index (χ0n) is 46.2. The van der Waals surface area contributed by atoms with Crippen LogP contribution in [0.4, 0.5) is 0 Å². The van der Waals surface area contributed by atoms with Crippen LogP contribution in [-0.2, 0) is 11.0 Å². The van der Waals surface area contributed by atoms with Crippen LogP contribution in [0.5, 0.6) is 23.0 Å². The number of hydrogen-bond acceptors (Lipinski definition) is 3. The largest absolute Gasteiger partial charge is 0.555 e. The van der Waals surface area contributed by atoms with E-state index in [9.17, 15) is 0 Å². The standard InChI is InChI=1S/C47H45BO3/c1-28-24-26-32(30(3)42(28)34-16-14-20-38-44(34)49-40-22-12-10-18-36(40)46(38,5)6)33-27-25-29(2)43(31(33)4)35-17-15-21-39-45(35)50-47(7,8)37-19-11-13-23-41(37)51-48(39)9/h10-27H,1-9H3/i1D3,2D3,3D3,4D3,5D3,6D3. The normalized spacial score (nSPS) is 21.8. The van der Waals surface area contributed by atoms with Crippen LogP contribution in [0.25, 0.3) is 33.4 Å². The third-order valence-electron chi connectivity index (χ3n) is 9.84. The maximum atomic E-state index is 9.15. The molecule has 8 rings (SSSR count). The molecular weight excluding hydrogens is 623 g/mol. The predicted molar refractivity (Wildman–Crippen MR) is 212 cm³/mol. The number of fused-ring (bicyclic) bond motifs is 4. The second-order valence-electron chi connectivity index (χ2n) is 13.4. The fourth-order valence-electron chi connectivity index (χ4n) is 7.29. The van der Waals surface area contributed by atoms with Crippen molar-refractivity contribution in [3.63, 3.8) is 0 Å². The molecule has 6 aromatic carbocycles. The number of rotatable bonds is 3. The molecule has 0 saturated carbocycles. The van der Waals surface area contributed by atoms with Gasteiger partial charge < -0.3 is 14.1 Å². The van der Waals surface area contributed by atoms with Crippen LogP contribution in [0.15, 0.2) is 109 Å². The average Bonchev–Trinajstić information content (AvgIpc) is 3.21. The molecule has 4 heteroatoms. The fourth-order valence-corrected chi connectivity index (χ4v) is 7.29. The van der Waals surface area contributed by atoms with Crippen LogP contribution in [0, 0.1) is 27.4 Å². The Kier molecular flexibility index (Phi) is 4.29. The van der Waals surface area contributed by atoms with E-state index in [-0.39, 0.29) is 44.9 Å². The van der Waals surface area contributed by atoms with Gasteiger partial charge in [0.15, 0.2) is 0 Å². The highest BCUT2D eigenvalue weighted by Crippen LogP contribution is 2.52. The van der Waals surface area contributed by atoms with Crippen LogP contribution in [-0.4, -0.2) is 6.92 Å². The molecule has 0 bridgehead atoms. The third-order valence-corrected chi connectivity index (χ3v) is 9.84. The molecule has 2 aliphatic rings. The quantitative estimate of drug-likeness (QED) is 0.173. The van der Waals surface area contributed by atoms with Gasteiger partial charge in [0.1, 0.15) is 28.6 Å². The minimum absolute atomic E-state index is 0.0409. The summed E-state index contributed by atoms with van der Waals surface area (Å²) in [4.78, 5) is 0. The second kappa shape index (κ2) is 11.9. The van der Waals surface area contributed by atoms with Gasteiger partial charge in [0, 0.05) is 63.4 Å². The van der Waals surface area contributed by atoms with Gasteiger partial charge in [-0.05, 0) is 105 Å². The first-order valence-electron chi connectivity index (χ1n) is 25.6. The summed E-state index contributed by atoms with van der Waals surface area (Å²) in [6, 6.07) is 26.1. The predicted octanol–water partition coefficient (Wildman–Crippen LogP) is 11.9. The number of para-hydroxylation sites is 4. The molecule has 0 N–H and O–H groups in total. The molecule has 0 aromatic heterocycles. The van der Waals surface area contributed by atoms with Gasteiger partial charge in [-0.15, -0.1) is 0 Å². The van der Waals surface area contributed by atoms with Crippen molar-refractivity contribution in [1.82, 2.24) is 0 Å². The summed E-state index contributed by atoms with van der Waals surface area (Å²) in [5, 5.41) is 0. The van der Waals surface area contributed by atoms with Gasteiger partial charge in [0.2, 0.25) is 0 Å². The Bertz CT molecular complexity index is 3000. The van der Waals surface area contributed by atoms with Crippen molar-refractivity contribution >= 4 is 12.4 Å². The van der Waals surface area contributed by atoms with Crippen LogP contribution >= 0.6 is 0 Å². The molecule has 0 unspecified atom stereocenters. The number of benzene rings is 6. The molecule has 51 heavy (non-hydrogen) atoms. The van der Waals surface area contributed by atoms with Crippen molar-refractivity contribution in [3.8, 4) is 56.4 Å². The van der Waals surface area contributed by atoms with E-state index in [1.165, 1.54) is 60.7 Å². The van der Waals surface area contributed by atoms with Crippen molar-refractivity contribution in [1.29, 1.82) is 0 Å². The second-order valence-corrected chi connectivity index (χ2v) is 13.4. The average molecular weight is 687 g/mol. The Labute approximate surface area is 328 Å². The number of ether oxygens (including phenoxy) is 2. The summed E-state index contributed by atoms with van der Waals surface area (Å²) in [5.74, 6) is 0.0106. The molecule has 6 aromatic rings. The maximum absolute atomic E-state index is 9.15. The van der Waals surface area contributed by atoms with Gasteiger partial charge in [-0.3, -0.25) is 0 Å². The summed E-state index contributed by atoms with van der Waals surface area (Å²) in [7, 11) is 0. The molecule has 0 amide bonds. The lowest BCUT2D eigenvalue weighted by Crippen LogP contribution is -2.40. The SMILES string of the molecule is [2H]C([2H])([2H])c1ccc(-c2ccc(C([2H])([2H])[2H])c(-c3cccc4c3Oc3ccccc3C4(C([2H])([2H])[2H])C([2H])([2H])[2H])c2C([2H])([2H])[2H])c(C([2H])([2H])[2H])c1-c1cccc2c1OC(C)(C)c1ccccc1OB2C. The topological polar surface area (TPSA) is 27.7 Å². The highest BCUT2D eigenvalue weighted by atomic mass is 16.5. The van der Waals surface area contributed by atoms with Gasteiger partial charge in [-0.25, -0.2) is 0 Å². The van der Waals surface area contributed by atoms with E-state index in [1.54, 1.807) is 51.0 Å². The lowest BCUT2D eigenvalue weighted by molar-refractivity contribution is 0.107. The van der Waals surface area contributed by atoms with Gasteiger partial charge in [-0.2, -0.15) is 0 Å². The zero-order valence-corrected chi connectivity index (χ0v) is 28.2. The maximum Gasteiger partial charge on any atom is 0.392 e. The highest BCUT2D eigenvalue weighted by molar-refractivity contribution is 6.68. The minimum atomic E-state index is -3.31. The van der Waals surface area contributed by atoms with Crippen LogP contribution in [0.2, 0.25) is 6.82 Å². The lowest BCUT2D eigenvalue weighted by atomic mass is 9.62. The minimum Gasteiger partial charge on any atom is -0.555 e.